The van der Waals surface area contributed by atoms with Crippen molar-refractivity contribution in [2.45, 2.75) is 6.92 Å². The molecule has 0 aliphatic carbocycles. The highest BCUT2D eigenvalue weighted by molar-refractivity contribution is 6.07. The number of amides is 1. The number of likely N-dealkylation sites (N-methyl/N-ethyl adjacent to an activating group) is 1. The van der Waals surface area contributed by atoms with Crippen LogP contribution in [0, 0.1) is 6.92 Å². The minimum absolute atomic E-state index is 0.0821. The molecule has 0 atom stereocenters. The van der Waals surface area contributed by atoms with Crippen molar-refractivity contribution in [2.75, 3.05) is 44.0 Å². The topological polar surface area (TPSA) is 79.8 Å². The first-order valence-corrected chi connectivity index (χ1v) is 12.1. The normalized spacial score (nSPS) is 13.0. The Balaban J connectivity index is 1.41. The van der Waals surface area contributed by atoms with E-state index in [0.29, 0.717) is 37.0 Å². The number of carbonyl (C=O) groups is 1. The molecule has 0 spiro atoms. The molecule has 8 heteroatoms. The number of nitrogens with one attached hydrogen (secondary N) is 1. The second-order valence-electron chi connectivity index (χ2n) is 9.10. The number of fused-ring (bicyclic) bond motifs is 3. The number of rotatable bonds is 7. The van der Waals surface area contributed by atoms with E-state index in [1.165, 1.54) is 6.33 Å². The fraction of sp³-hybridized carbons (Fsp3) is 0.207. The van der Waals surface area contributed by atoms with Crippen LogP contribution in [-0.4, -0.2) is 54.6 Å². The Morgan fingerprint density at radius 1 is 1.11 bits per heavy atom. The van der Waals surface area contributed by atoms with Crippen LogP contribution < -0.4 is 19.7 Å². The number of ether oxygens (including phenoxy) is 2. The predicted molar refractivity (Wildman–Crippen MR) is 146 cm³/mol. The number of aryl methyl sites for hydroxylation is 1. The average Bonchev–Trinajstić information content (AvgIpc) is 2.89. The zero-order valence-corrected chi connectivity index (χ0v) is 21.1. The second kappa shape index (κ2) is 10.7. The lowest BCUT2D eigenvalue weighted by Crippen LogP contribution is -2.37. The maximum Gasteiger partial charge on any atom is 0.250 e. The number of benzene rings is 3. The van der Waals surface area contributed by atoms with E-state index < -0.39 is 0 Å². The van der Waals surface area contributed by atoms with Gasteiger partial charge in [-0.25, -0.2) is 9.97 Å². The molecule has 37 heavy (non-hydrogen) atoms. The van der Waals surface area contributed by atoms with Crippen LogP contribution in [-0.2, 0) is 4.79 Å². The van der Waals surface area contributed by atoms with Gasteiger partial charge in [0.1, 0.15) is 30.3 Å². The van der Waals surface area contributed by atoms with Crippen molar-refractivity contribution in [1.29, 1.82) is 0 Å². The highest BCUT2D eigenvalue weighted by Crippen LogP contribution is 2.41. The molecule has 4 aromatic rings. The third-order valence-corrected chi connectivity index (χ3v) is 5.93. The number of hydrogen-bond acceptors (Lipinski definition) is 7. The molecular formula is C29H29N5O3. The van der Waals surface area contributed by atoms with Gasteiger partial charge in [0.25, 0.3) is 5.91 Å². The fourth-order valence-corrected chi connectivity index (χ4v) is 4.17. The zero-order valence-electron chi connectivity index (χ0n) is 21.1. The summed E-state index contributed by atoms with van der Waals surface area (Å²) in [5.41, 5.74) is 3.41. The van der Waals surface area contributed by atoms with Crippen LogP contribution in [0.1, 0.15) is 5.56 Å². The molecule has 5 rings (SSSR count). The largest absolute Gasteiger partial charge is 0.489 e. The van der Waals surface area contributed by atoms with Crippen molar-refractivity contribution in [2.24, 2.45) is 0 Å². The number of nitrogens with zero attached hydrogens (tertiary/aromatic N) is 4. The van der Waals surface area contributed by atoms with Crippen molar-refractivity contribution in [3.05, 3.63) is 84.7 Å². The molecule has 188 valence electrons. The summed E-state index contributed by atoms with van der Waals surface area (Å²) in [7, 11) is 3.93. The van der Waals surface area contributed by atoms with E-state index in [9.17, 15) is 4.79 Å². The van der Waals surface area contributed by atoms with Gasteiger partial charge in [-0.15, -0.1) is 0 Å². The van der Waals surface area contributed by atoms with E-state index in [0.717, 1.165) is 33.7 Å². The molecule has 0 unspecified atom stereocenters. The Kier molecular flexibility index (Phi) is 7.00. The molecule has 2 heterocycles. The highest BCUT2D eigenvalue weighted by Gasteiger charge is 2.26. The van der Waals surface area contributed by atoms with Crippen molar-refractivity contribution in [1.82, 2.24) is 14.9 Å². The minimum atomic E-state index is -0.0821. The van der Waals surface area contributed by atoms with Gasteiger partial charge in [-0.3, -0.25) is 4.79 Å². The van der Waals surface area contributed by atoms with Gasteiger partial charge >= 0.3 is 0 Å². The summed E-state index contributed by atoms with van der Waals surface area (Å²) in [6, 6.07) is 19.4. The van der Waals surface area contributed by atoms with Gasteiger partial charge in [0, 0.05) is 18.3 Å². The Hall–Kier alpha value is -4.43. The van der Waals surface area contributed by atoms with Crippen LogP contribution in [0.25, 0.3) is 10.9 Å². The lowest BCUT2D eigenvalue weighted by atomic mass is 10.1. The third-order valence-electron chi connectivity index (χ3n) is 5.93. The summed E-state index contributed by atoms with van der Waals surface area (Å²) in [6.45, 7) is 3.59. The predicted octanol–water partition coefficient (Wildman–Crippen LogP) is 5.32. The van der Waals surface area contributed by atoms with Gasteiger partial charge in [0.2, 0.25) is 0 Å². The maximum atomic E-state index is 12.9. The molecule has 1 N–H and O–H groups in total. The minimum Gasteiger partial charge on any atom is -0.489 e. The molecule has 3 aromatic carbocycles. The molecule has 0 fully saturated rings. The number of aromatic nitrogens is 2. The molecule has 0 radical (unpaired) electrons. The van der Waals surface area contributed by atoms with Crippen molar-refractivity contribution >= 4 is 34.0 Å². The molecule has 1 aromatic heterocycles. The van der Waals surface area contributed by atoms with Crippen LogP contribution in [0.4, 0.5) is 17.2 Å². The summed E-state index contributed by atoms with van der Waals surface area (Å²) in [4.78, 5) is 25.6. The Bertz CT molecular complexity index is 1450. The van der Waals surface area contributed by atoms with E-state index in [1.54, 1.807) is 11.0 Å². The molecular weight excluding hydrogens is 466 g/mol. The first kappa shape index (κ1) is 24.3. The highest BCUT2D eigenvalue weighted by atomic mass is 16.5. The van der Waals surface area contributed by atoms with Crippen LogP contribution in [0.15, 0.2) is 79.1 Å². The van der Waals surface area contributed by atoms with Gasteiger partial charge in [0.05, 0.1) is 23.1 Å². The number of hydrogen-bond donors (Lipinski definition) is 1. The average molecular weight is 496 g/mol. The van der Waals surface area contributed by atoms with Crippen LogP contribution >= 0.6 is 0 Å². The fourth-order valence-electron chi connectivity index (χ4n) is 4.17. The van der Waals surface area contributed by atoms with Gasteiger partial charge in [-0.05, 0) is 75.1 Å². The summed E-state index contributed by atoms with van der Waals surface area (Å²) < 4.78 is 12.0. The Morgan fingerprint density at radius 2 is 1.95 bits per heavy atom. The first-order chi connectivity index (χ1) is 18.0. The lowest BCUT2D eigenvalue weighted by Gasteiger charge is -2.30. The van der Waals surface area contributed by atoms with Gasteiger partial charge in [-0.1, -0.05) is 18.2 Å². The van der Waals surface area contributed by atoms with E-state index in [-0.39, 0.29) is 5.91 Å². The Labute approximate surface area is 216 Å². The SMILES string of the molecule is Cc1cccc(Oc2ccc(Nc3ncnc4ccc5c(c34)OCCN5C(=O)/C=C/CN(C)C)cc2)c1. The summed E-state index contributed by atoms with van der Waals surface area (Å²) in [5, 5.41) is 4.11. The zero-order chi connectivity index (χ0) is 25.8. The third kappa shape index (κ3) is 5.54. The molecule has 1 aliphatic heterocycles. The van der Waals surface area contributed by atoms with Crippen LogP contribution in [0.2, 0.25) is 0 Å². The second-order valence-corrected chi connectivity index (χ2v) is 9.10. The Morgan fingerprint density at radius 3 is 2.73 bits per heavy atom. The van der Waals surface area contributed by atoms with E-state index in [4.69, 9.17) is 9.47 Å². The van der Waals surface area contributed by atoms with E-state index in [2.05, 4.69) is 15.3 Å². The molecule has 1 aliphatic rings. The molecule has 0 bridgehead atoms. The van der Waals surface area contributed by atoms with Gasteiger partial charge in [0.15, 0.2) is 5.75 Å². The van der Waals surface area contributed by atoms with E-state index >= 15 is 0 Å². The summed E-state index contributed by atoms with van der Waals surface area (Å²) in [6.07, 6.45) is 4.99. The molecule has 0 saturated carbocycles. The van der Waals surface area contributed by atoms with Crippen molar-refractivity contribution in [3.63, 3.8) is 0 Å². The van der Waals surface area contributed by atoms with Crippen LogP contribution in [0.5, 0.6) is 17.2 Å². The maximum absolute atomic E-state index is 12.9. The first-order valence-electron chi connectivity index (χ1n) is 12.1. The van der Waals surface area contributed by atoms with Crippen LogP contribution in [0.3, 0.4) is 0 Å². The molecule has 1 amide bonds. The summed E-state index contributed by atoms with van der Waals surface area (Å²) in [5.74, 6) is 2.65. The number of anilines is 3. The summed E-state index contributed by atoms with van der Waals surface area (Å²) >= 11 is 0. The van der Waals surface area contributed by atoms with Gasteiger partial charge < -0.3 is 24.6 Å². The lowest BCUT2D eigenvalue weighted by molar-refractivity contribution is -0.114. The van der Waals surface area contributed by atoms with Crippen molar-refractivity contribution in [3.8, 4) is 17.2 Å². The van der Waals surface area contributed by atoms with Crippen molar-refractivity contribution < 1.29 is 14.3 Å². The quantitative estimate of drug-likeness (QED) is 0.348. The number of carbonyl (C=O) groups excluding carboxylic acids is 1. The standard InChI is InChI=1S/C29H29N5O3/c1-20-6-4-7-23(18-20)37-22-11-9-21(10-12-22)32-29-27-24(30-19-31-29)13-14-25-28(27)36-17-16-34(25)26(35)8-5-15-33(2)3/h4-14,18-19H,15-17H2,1-3H3,(H,30,31,32)/b8-5+. The molecule has 8 nitrogen and oxygen atoms in total. The smallest absolute Gasteiger partial charge is 0.250 e. The monoisotopic (exact) mass is 495 g/mol. The van der Waals surface area contributed by atoms with E-state index in [1.807, 2.05) is 92.7 Å². The van der Waals surface area contributed by atoms with Gasteiger partial charge in [-0.2, -0.15) is 0 Å². The molecule has 0 saturated heterocycles.